The van der Waals surface area contributed by atoms with Gasteiger partial charge in [0.1, 0.15) is 17.2 Å². The van der Waals surface area contributed by atoms with E-state index in [0.29, 0.717) is 11.4 Å². The van der Waals surface area contributed by atoms with Crippen molar-refractivity contribution < 1.29 is 17.9 Å². The monoisotopic (exact) mass is 536 g/mol. The van der Waals surface area contributed by atoms with Crippen LogP contribution < -0.4 is 14.4 Å². The Hall–Kier alpha value is -2.59. The van der Waals surface area contributed by atoms with Crippen molar-refractivity contribution in [1.29, 1.82) is 0 Å². The molecule has 1 amide bonds. The number of carbonyl (C=O) groups excluding carboxylic acids is 1. The number of rotatable bonds is 7. The molecule has 0 spiro atoms. The number of aryl methyl sites for hydroxylation is 1. The number of carbonyl (C=O) groups is 1. The highest BCUT2D eigenvalue weighted by Crippen LogP contribution is 2.30. The van der Waals surface area contributed by atoms with E-state index in [1.165, 1.54) is 7.11 Å². The van der Waals surface area contributed by atoms with Crippen molar-refractivity contribution in [2.75, 3.05) is 23.3 Å². The summed E-state index contributed by atoms with van der Waals surface area (Å²) in [7, 11) is -2.65. The van der Waals surface area contributed by atoms with Crippen molar-refractivity contribution in [2.24, 2.45) is 0 Å². The smallest absolute Gasteiger partial charge is 0.268 e. The number of anilines is 2. The molecule has 0 aliphatic rings. The van der Waals surface area contributed by atoms with Crippen LogP contribution >= 0.6 is 22.6 Å². The zero-order chi connectivity index (χ0) is 21.7. The van der Waals surface area contributed by atoms with E-state index in [0.717, 1.165) is 13.4 Å². The fourth-order valence-electron chi connectivity index (χ4n) is 2.88. The van der Waals surface area contributed by atoms with Gasteiger partial charge in [-0.2, -0.15) is 0 Å². The molecule has 1 N–H and O–H groups in total. The van der Waals surface area contributed by atoms with E-state index in [1.807, 2.05) is 12.1 Å². The van der Waals surface area contributed by atoms with Crippen LogP contribution in [0.2, 0.25) is 0 Å². The fourth-order valence-corrected chi connectivity index (χ4v) is 4.90. The molecule has 8 heteroatoms. The number of ether oxygens (including phenoxy) is 1. The number of amides is 1. The lowest BCUT2D eigenvalue weighted by Gasteiger charge is -2.25. The van der Waals surface area contributed by atoms with Gasteiger partial charge < -0.3 is 10.1 Å². The van der Waals surface area contributed by atoms with E-state index in [4.69, 9.17) is 4.74 Å². The molecule has 156 valence electrons. The minimum atomic E-state index is -4.07. The van der Waals surface area contributed by atoms with E-state index < -0.39 is 15.9 Å². The maximum absolute atomic E-state index is 13.6. The first-order valence-electron chi connectivity index (χ1n) is 9.09. The Kier molecular flexibility index (Phi) is 6.99. The SMILES string of the molecule is COc1ccc(C)cc1S(=O)(=O)N(CC(=O)Nc1ccc(I)cc1)c1ccccc1. The summed E-state index contributed by atoms with van der Waals surface area (Å²) < 4.78 is 34.5. The van der Waals surface area contributed by atoms with Gasteiger partial charge in [0.05, 0.1) is 12.8 Å². The number of nitrogens with zero attached hydrogens (tertiary/aromatic N) is 1. The molecule has 0 radical (unpaired) electrons. The molecule has 3 aromatic rings. The first-order chi connectivity index (χ1) is 14.3. The van der Waals surface area contributed by atoms with Gasteiger partial charge in [-0.1, -0.05) is 24.3 Å². The number of nitrogens with one attached hydrogen (secondary N) is 1. The summed E-state index contributed by atoms with van der Waals surface area (Å²) in [5.74, 6) is -0.227. The third-order valence-electron chi connectivity index (χ3n) is 4.35. The molecule has 0 bridgehead atoms. The summed E-state index contributed by atoms with van der Waals surface area (Å²) in [5, 5.41) is 2.75. The van der Waals surface area contributed by atoms with Crippen molar-refractivity contribution in [2.45, 2.75) is 11.8 Å². The third-order valence-corrected chi connectivity index (χ3v) is 6.86. The van der Waals surface area contributed by atoms with Gasteiger partial charge in [-0.3, -0.25) is 9.10 Å². The Morgan fingerprint density at radius 3 is 2.33 bits per heavy atom. The molecule has 0 saturated carbocycles. The average Bonchev–Trinajstić information content (AvgIpc) is 2.74. The topological polar surface area (TPSA) is 75.7 Å². The normalized spacial score (nSPS) is 11.0. The number of halogens is 1. The van der Waals surface area contributed by atoms with Gasteiger partial charge >= 0.3 is 0 Å². The Bertz CT molecular complexity index is 1130. The Morgan fingerprint density at radius 2 is 1.70 bits per heavy atom. The molecule has 0 aliphatic heterocycles. The van der Waals surface area contributed by atoms with Crippen molar-refractivity contribution in [1.82, 2.24) is 0 Å². The maximum atomic E-state index is 13.6. The second-order valence-corrected chi connectivity index (χ2v) is 9.63. The number of hydrogen-bond acceptors (Lipinski definition) is 4. The van der Waals surface area contributed by atoms with Crippen LogP contribution in [0, 0.1) is 10.5 Å². The predicted molar refractivity (Wildman–Crippen MR) is 126 cm³/mol. The number of sulfonamides is 1. The highest BCUT2D eigenvalue weighted by Gasteiger charge is 2.30. The summed E-state index contributed by atoms with van der Waals surface area (Å²) in [6.45, 7) is 1.42. The molecule has 0 aromatic heterocycles. The molecular formula is C22H21IN2O4S. The third kappa shape index (κ3) is 5.11. The van der Waals surface area contributed by atoms with Gasteiger partial charge in [0.2, 0.25) is 5.91 Å². The molecule has 0 saturated heterocycles. The van der Waals surface area contributed by atoms with Gasteiger partial charge in [0, 0.05) is 9.26 Å². The lowest BCUT2D eigenvalue weighted by atomic mass is 10.2. The molecule has 3 rings (SSSR count). The van der Waals surface area contributed by atoms with Gasteiger partial charge in [0.15, 0.2) is 0 Å². The van der Waals surface area contributed by atoms with Gasteiger partial charge in [-0.15, -0.1) is 0 Å². The van der Waals surface area contributed by atoms with E-state index in [1.54, 1.807) is 67.6 Å². The first kappa shape index (κ1) is 22.1. The van der Waals surface area contributed by atoms with E-state index in [2.05, 4.69) is 27.9 Å². The van der Waals surface area contributed by atoms with E-state index in [9.17, 15) is 13.2 Å². The Balaban J connectivity index is 1.98. The largest absolute Gasteiger partial charge is 0.495 e. The van der Waals surface area contributed by atoms with Gasteiger partial charge in [-0.25, -0.2) is 8.42 Å². The molecule has 0 atom stereocenters. The van der Waals surface area contributed by atoms with Crippen LogP contribution in [0.3, 0.4) is 0 Å². The van der Waals surface area contributed by atoms with E-state index in [-0.39, 0.29) is 17.2 Å². The van der Waals surface area contributed by atoms with Crippen molar-refractivity contribution >= 4 is 49.9 Å². The zero-order valence-electron chi connectivity index (χ0n) is 16.5. The minimum absolute atomic E-state index is 0.0101. The highest BCUT2D eigenvalue weighted by molar-refractivity contribution is 14.1. The fraction of sp³-hybridized carbons (Fsp3) is 0.136. The standard InChI is InChI=1S/C22H21IN2O4S/c1-16-8-13-20(29-2)21(14-16)30(27,28)25(19-6-4-3-5-7-19)15-22(26)24-18-11-9-17(23)10-12-18/h3-14H,15H2,1-2H3,(H,24,26). The van der Waals surface area contributed by atoms with Gasteiger partial charge in [-0.05, 0) is 83.6 Å². The average molecular weight is 536 g/mol. The molecule has 0 fully saturated rings. The quantitative estimate of drug-likeness (QED) is 0.453. The van der Waals surface area contributed by atoms with E-state index >= 15 is 0 Å². The summed E-state index contributed by atoms with van der Waals surface area (Å²) in [6, 6.07) is 20.7. The number of benzene rings is 3. The molecule has 0 aliphatic carbocycles. The number of hydrogen-bond donors (Lipinski definition) is 1. The minimum Gasteiger partial charge on any atom is -0.495 e. The lowest BCUT2D eigenvalue weighted by Crippen LogP contribution is -2.38. The molecule has 30 heavy (non-hydrogen) atoms. The van der Waals surface area contributed by atoms with Crippen LogP contribution in [0.25, 0.3) is 0 Å². The molecule has 0 unspecified atom stereocenters. The highest BCUT2D eigenvalue weighted by atomic mass is 127. The first-order valence-corrected chi connectivity index (χ1v) is 11.6. The van der Waals surface area contributed by atoms with Crippen molar-refractivity contribution in [3.05, 3.63) is 81.9 Å². The van der Waals surface area contributed by atoms with Crippen molar-refractivity contribution in [3.63, 3.8) is 0 Å². The molecule has 6 nitrogen and oxygen atoms in total. The Morgan fingerprint density at radius 1 is 1.03 bits per heavy atom. The summed E-state index contributed by atoms with van der Waals surface area (Å²) in [6.07, 6.45) is 0. The van der Waals surface area contributed by atoms with Crippen LogP contribution in [0.15, 0.2) is 77.7 Å². The van der Waals surface area contributed by atoms with Crippen LogP contribution in [0.1, 0.15) is 5.56 Å². The summed E-state index contributed by atoms with van der Waals surface area (Å²) in [5.41, 5.74) is 1.75. The van der Waals surface area contributed by atoms with Crippen LogP contribution in [-0.2, 0) is 14.8 Å². The summed E-state index contributed by atoms with van der Waals surface area (Å²) in [4.78, 5) is 12.7. The summed E-state index contributed by atoms with van der Waals surface area (Å²) >= 11 is 2.17. The molecule has 3 aromatic carbocycles. The Labute approximate surface area is 190 Å². The second kappa shape index (κ2) is 9.48. The lowest BCUT2D eigenvalue weighted by molar-refractivity contribution is -0.114. The van der Waals surface area contributed by atoms with Crippen LogP contribution in [0.4, 0.5) is 11.4 Å². The number of para-hydroxylation sites is 1. The van der Waals surface area contributed by atoms with Gasteiger partial charge in [0.25, 0.3) is 10.0 Å². The van der Waals surface area contributed by atoms with Crippen molar-refractivity contribution in [3.8, 4) is 5.75 Å². The maximum Gasteiger partial charge on any atom is 0.268 e. The molecule has 0 heterocycles. The second-order valence-electron chi connectivity index (χ2n) is 6.56. The predicted octanol–water partition coefficient (Wildman–Crippen LogP) is 4.44. The van der Waals surface area contributed by atoms with Crippen LogP contribution in [0.5, 0.6) is 5.75 Å². The number of methoxy groups -OCH3 is 1. The van der Waals surface area contributed by atoms with Crippen LogP contribution in [-0.4, -0.2) is 28.0 Å². The zero-order valence-corrected chi connectivity index (χ0v) is 19.5. The molecular weight excluding hydrogens is 515 g/mol.